The lowest BCUT2D eigenvalue weighted by Gasteiger charge is -2.27. The Morgan fingerprint density at radius 2 is 1.88 bits per heavy atom. The first kappa shape index (κ1) is 15.5. The number of carbonyl (C=O) groups excluding carboxylic acids is 1. The van der Waals surface area contributed by atoms with Crippen molar-refractivity contribution >= 4 is 5.78 Å². The molecule has 0 saturated heterocycles. The summed E-state index contributed by atoms with van der Waals surface area (Å²) in [5.41, 5.74) is 0. The second-order valence-electron chi connectivity index (χ2n) is 3.74. The molecule has 16 heavy (non-hydrogen) atoms. The SMILES string of the molecule is COCCN(CC(=O)COC)C(C)COC. The molecule has 0 N–H and O–H groups in total. The van der Waals surface area contributed by atoms with E-state index in [0.717, 1.165) is 6.54 Å². The van der Waals surface area contributed by atoms with E-state index in [9.17, 15) is 4.79 Å². The molecule has 0 rings (SSSR count). The average Bonchev–Trinajstić information content (AvgIpc) is 2.24. The minimum absolute atomic E-state index is 0.0709. The number of methoxy groups -OCH3 is 3. The van der Waals surface area contributed by atoms with Gasteiger partial charge in [-0.3, -0.25) is 9.69 Å². The van der Waals surface area contributed by atoms with Gasteiger partial charge in [0.25, 0.3) is 0 Å². The number of hydrogen-bond donors (Lipinski definition) is 0. The monoisotopic (exact) mass is 233 g/mol. The van der Waals surface area contributed by atoms with Gasteiger partial charge in [-0.05, 0) is 6.92 Å². The Labute approximate surface area is 97.7 Å². The van der Waals surface area contributed by atoms with E-state index < -0.39 is 0 Å². The molecule has 0 aliphatic heterocycles. The Balaban J connectivity index is 4.12. The van der Waals surface area contributed by atoms with Crippen LogP contribution in [0.25, 0.3) is 0 Å². The number of carbonyl (C=O) groups is 1. The van der Waals surface area contributed by atoms with Gasteiger partial charge in [-0.2, -0.15) is 0 Å². The second-order valence-corrected chi connectivity index (χ2v) is 3.74. The fourth-order valence-electron chi connectivity index (χ4n) is 1.44. The summed E-state index contributed by atoms with van der Waals surface area (Å²) in [5, 5.41) is 0. The number of hydrogen-bond acceptors (Lipinski definition) is 5. The molecule has 0 bridgehead atoms. The van der Waals surface area contributed by atoms with Crippen LogP contribution in [0.1, 0.15) is 6.92 Å². The number of ketones is 1. The van der Waals surface area contributed by atoms with Gasteiger partial charge in [0.1, 0.15) is 6.61 Å². The molecule has 0 radical (unpaired) electrons. The quantitative estimate of drug-likeness (QED) is 0.539. The van der Waals surface area contributed by atoms with Gasteiger partial charge in [0.15, 0.2) is 5.78 Å². The van der Waals surface area contributed by atoms with E-state index >= 15 is 0 Å². The van der Waals surface area contributed by atoms with E-state index in [-0.39, 0.29) is 18.4 Å². The first-order valence-corrected chi connectivity index (χ1v) is 5.38. The molecular formula is C11H23NO4. The van der Waals surface area contributed by atoms with Gasteiger partial charge in [0.2, 0.25) is 0 Å². The van der Waals surface area contributed by atoms with Crippen LogP contribution in [0.2, 0.25) is 0 Å². The molecule has 0 heterocycles. The molecule has 5 nitrogen and oxygen atoms in total. The Kier molecular flexibility index (Phi) is 9.42. The van der Waals surface area contributed by atoms with E-state index in [1.54, 1.807) is 14.2 Å². The number of nitrogens with zero attached hydrogens (tertiary/aromatic N) is 1. The molecule has 0 spiro atoms. The predicted octanol–water partition coefficient (Wildman–Crippen LogP) is 0.185. The van der Waals surface area contributed by atoms with Crippen molar-refractivity contribution in [3.63, 3.8) is 0 Å². The molecule has 0 aromatic heterocycles. The van der Waals surface area contributed by atoms with Crippen LogP contribution < -0.4 is 0 Å². The van der Waals surface area contributed by atoms with Gasteiger partial charge in [-0.25, -0.2) is 0 Å². The summed E-state index contributed by atoms with van der Waals surface area (Å²) in [7, 11) is 4.83. The maximum Gasteiger partial charge on any atom is 0.172 e. The van der Waals surface area contributed by atoms with Crippen molar-refractivity contribution < 1.29 is 19.0 Å². The molecule has 0 aliphatic rings. The third-order valence-corrected chi connectivity index (χ3v) is 2.30. The zero-order chi connectivity index (χ0) is 12.4. The number of Topliss-reactive ketones (excluding diaryl/α,β-unsaturated/α-hetero) is 1. The Hall–Kier alpha value is -0.490. The minimum atomic E-state index is 0.0709. The van der Waals surface area contributed by atoms with Crippen molar-refractivity contribution in [1.29, 1.82) is 0 Å². The van der Waals surface area contributed by atoms with E-state index in [4.69, 9.17) is 14.2 Å². The van der Waals surface area contributed by atoms with Crippen molar-refractivity contribution in [1.82, 2.24) is 4.90 Å². The second kappa shape index (κ2) is 9.72. The molecule has 0 amide bonds. The normalized spacial score (nSPS) is 13.1. The summed E-state index contributed by atoms with van der Waals surface area (Å²) in [4.78, 5) is 13.5. The molecular weight excluding hydrogens is 210 g/mol. The first-order valence-electron chi connectivity index (χ1n) is 5.38. The van der Waals surface area contributed by atoms with E-state index in [1.165, 1.54) is 7.11 Å². The van der Waals surface area contributed by atoms with Crippen molar-refractivity contribution in [2.45, 2.75) is 13.0 Å². The molecule has 0 aliphatic carbocycles. The van der Waals surface area contributed by atoms with Crippen molar-refractivity contribution in [2.75, 3.05) is 54.2 Å². The third kappa shape index (κ3) is 6.90. The van der Waals surface area contributed by atoms with E-state index in [0.29, 0.717) is 19.8 Å². The number of ether oxygens (including phenoxy) is 3. The topological polar surface area (TPSA) is 48.0 Å². The highest BCUT2D eigenvalue weighted by molar-refractivity contribution is 5.81. The Morgan fingerprint density at radius 3 is 2.38 bits per heavy atom. The molecule has 0 aromatic rings. The Morgan fingerprint density at radius 1 is 1.19 bits per heavy atom. The van der Waals surface area contributed by atoms with Gasteiger partial charge < -0.3 is 14.2 Å². The van der Waals surface area contributed by atoms with Crippen LogP contribution in [0.3, 0.4) is 0 Å². The molecule has 96 valence electrons. The van der Waals surface area contributed by atoms with Crippen molar-refractivity contribution in [2.24, 2.45) is 0 Å². The van der Waals surface area contributed by atoms with Gasteiger partial charge in [-0.15, -0.1) is 0 Å². The summed E-state index contributed by atoms with van der Waals surface area (Å²) >= 11 is 0. The minimum Gasteiger partial charge on any atom is -0.383 e. The summed E-state index contributed by atoms with van der Waals surface area (Å²) in [5.74, 6) is 0.0709. The van der Waals surface area contributed by atoms with Crippen LogP contribution in [-0.2, 0) is 19.0 Å². The van der Waals surface area contributed by atoms with E-state index in [2.05, 4.69) is 0 Å². The van der Waals surface area contributed by atoms with Gasteiger partial charge in [-0.1, -0.05) is 0 Å². The molecule has 1 atom stereocenters. The van der Waals surface area contributed by atoms with Crippen LogP contribution in [0, 0.1) is 0 Å². The zero-order valence-electron chi connectivity index (χ0n) is 10.7. The van der Waals surface area contributed by atoms with Gasteiger partial charge >= 0.3 is 0 Å². The van der Waals surface area contributed by atoms with Crippen molar-refractivity contribution in [3.05, 3.63) is 0 Å². The van der Waals surface area contributed by atoms with Crippen LogP contribution in [0.4, 0.5) is 0 Å². The lowest BCUT2D eigenvalue weighted by atomic mass is 10.2. The zero-order valence-corrected chi connectivity index (χ0v) is 10.7. The fraction of sp³-hybridized carbons (Fsp3) is 0.909. The largest absolute Gasteiger partial charge is 0.383 e. The molecule has 0 fully saturated rings. The summed E-state index contributed by atoms with van der Waals surface area (Å²) in [6.45, 7) is 4.49. The van der Waals surface area contributed by atoms with Crippen molar-refractivity contribution in [3.8, 4) is 0 Å². The van der Waals surface area contributed by atoms with Crippen LogP contribution in [0.5, 0.6) is 0 Å². The average molecular weight is 233 g/mol. The van der Waals surface area contributed by atoms with Crippen LogP contribution in [-0.4, -0.2) is 71.0 Å². The predicted molar refractivity (Wildman–Crippen MR) is 61.7 cm³/mol. The highest BCUT2D eigenvalue weighted by Gasteiger charge is 2.16. The maximum atomic E-state index is 11.5. The van der Waals surface area contributed by atoms with Gasteiger partial charge in [0.05, 0.1) is 19.8 Å². The molecule has 0 saturated carbocycles. The lowest BCUT2D eigenvalue weighted by molar-refractivity contribution is -0.124. The Bertz CT molecular complexity index is 187. The van der Waals surface area contributed by atoms with Crippen LogP contribution in [0.15, 0.2) is 0 Å². The van der Waals surface area contributed by atoms with E-state index in [1.807, 2.05) is 11.8 Å². The van der Waals surface area contributed by atoms with Crippen LogP contribution >= 0.6 is 0 Å². The molecule has 5 heteroatoms. The molecule has 1 unspecified atom stereocenters. The smallest absolute Gasteiger partial charge is 0.172 e. The lowest BCUT2D eigenvalue weighted by Crippen LogP contribution is -2.42. The highest BCUT2D eigenvalue weighted by atomic mass is 16.5. The summed E-state index contributed by atoms with van der Waals surface area (Å²) in [6, 6.07) is 0.195. The standard InChI is InChI=1S/C11H23NO4/c1-10(8-15-3)12(5-6-14-2)7-11(13)9-16-4/h10H,5-9H2,1-4H3. The molecule has 0 aromatic carbocycles. The maximum absolute atomic E-state index is 11.5. The first-order chi connectivity index (χ1) is 7.65. The van der Waals surface area contributed by atoms with Gasteiger partial charge in [0, 0.05) is 33.9 Å². The summed E-state index contributed by atoms with van der Waals surface area (Å²) in [6.07, 6.45) is 0. The fourth-order valence-corrected chi connectivity index (χ4v) is 1.44. The summed E-state index contributed by atoms with van der Waals surface area (Å²) < 4.78 is 14.9. The highest BCUT2D eigenvalue weighted by Crippen LogP contribution is 2.00. The number of rotatable bonds is 10. The third-order valence-electron chi connectivity index (χ3n) is 2.30.